The first-order valence-corrected chi connectivity index (χ1v) is 5.74. The number of benzene rings is 1. The molecule has 0 radical (unpaired) electrons. The van der Waals surface area contributed by atoms with E-state index in [0.29, 0.717) is 11.3 Å². The molecule has 0 aliphatic heterocycles. The molecule has 0 atom stereocenters. The topological polar surface area (TPSA) is 91.2 Å². The number of nitrogens with one attached hydrogen (secondary N) is 2. The molecule has 1 rings (SSSR count). The third-order valence-corrected chi connectivity index (χ3v) is 2.20. The van der Waals surface area contributed by atoms with Gasteiger partial charge in [0.05, 0.1) is 11.6 Å². The van der Waals surface area contributed by atoms with E-state index >= 15 is 0 Å². The fraction of sp³-hybridized carbons (Fsp3) is 0.308. The van der Waals surface area contributed by atoms with Crippen LogP contribution in [0.3, 0.4) is 0 Å². The molecule has 0 heterocycles. The number of rotatable bonds is 4. The number of amides is 2. The van der Waals surface area contributed by atoms with Gasteiger partial charge in [0.1, 0.15) is 5.75 Å². The number of carbonyl (C=O) groups is 2. The van der Waals surface area contributed by atoms with E-state index in [1.807, 2.05) is 6.07 Å². The molecule has 0 saturated heterocycles. The predicted octanol–water partition coefficient (Wildman–Crippen LogP) is 0.740. The molecule has 19 heavy (non-hydrogen) atoms. The van der Waals surface area contributed by atoms with Crippen molar-refractivity contribution in [3.63, 3.8) is 0 Å². The Morgan fingerprint density at radius 1 is 1.26 bits per heavy atom. The van der Waals surface area contributed by atoms with Crippen molar-refractivity contribution in [2.45, 2.75) is 13.8 Å². The molecule has 1 aromatic rings. The SMILES string of the molecule is CC(C)C(=O)NNC(=O)COc1ccc(C#N)cc1. The van der Waals surface area contributed by atoms with E-state index in [9.17, 15) is 9.59 Å². The fourth-order valence-electron chi connectivity index (χ4n) is 1.09. The van der Waals surface area contributed by atoms with Crippen LogP contribution in [0, 0.1) is 17.2 Å². The fourth-order valence-corrected chi connectivity index (χ4v) is 1.09. The average Bonchev–Trinajstić information content (AvgIpc) is 2.42. The standard InChI is InChI=1S/C13H15N3O3/c1-9(2)13(18)16-15-12(17)8-19-11-5-3-10(7-14)4-6-11/h3-6,9H,8H2,1-2H3,(H,15,17)(H,16,18). The van der Waals surface area contributed by atoms with Crippen LogP contribution in [0.1, 0.15) is 19.4 Å². The Bertz CT molecular complexity index is 489. The lowest BCUT2D eigenvalue weighted by molar-refractivity contribution is -0.131. The van der Waals surface area contributed by atoms with Gasteiger partial charge in [-0.1, -0.05) is 13.8 Å². The van der Waals surface area contributed by atoms with Crippen molar-refractivity contribution in [3.05, 3.63) is 29.8 Å². The Kier molecular flexibility index (Phi) is 5.35. The Morgan fingerprint density at radius 3 is 2.42 bits per heavy atom. The quantitative estimate of drug-likeness (QED) is 0.782. The number of carbonyl (C=O) groups excluding carboxylic acids is 2. The van der Waals surface area contributed by atoms with Gasteiger partial charge < -0.3 is 4.74 Å². The molecule has 0 aliphatic carbocycles. The van der Waals surface area contributed by atoms with Gasteiger partial charge in [-0.3, -0.25) is 20.4 Å². The van der Waals surface area contributed by atoms with Gasteiger partial charge in [-0.15, -0.1) is 0 Å². The summed E-state index contributed by atoms with van der Waals surface area (Å²) in [7, 11) is 0. The molecular weight excluding hydrogens is 246 g/mol. The van der Waals surface area contributed by atoms with E-state index in [0.717, 1.165) is 0 Å². The van der Waals surface area contributed by atoms with Crippen molar-refractivity contribution in [2.24, 2.45) is 5.92 Å². The number of ether oxygens (including phenoxy) is 1. The second-order valence-electron chi connectivity index (χ2n) is 4.12. The van der Waals surface area contributed by atoms with Crippen LogP contribution in [0.5, 0.6) is 5.75 Å². The molecule has 2 amide bonds. The average molecular weight is 261 g/mol. The number of hydrogen-bond donors (Lipinski definition) is 2. The highest BCUT2D eigenvalue weighted by atomic mass is 16.5. The van der Waals surface area contributed by atoms with Crippen LogP contribution < -0.4 is 15.6 Å². The zero-order chi connectivity index (χ0) is 14.3. The highest BCUT2D eigenvalue weighted by molar-refractivity contribution is 5.83. The summed E-state index contributed by atoms with van der Waals surface area (Å²) in [5.41, 5.74) is 5.03. The van der Waals surface area contributed by atoms with Crippen LogP contribution in [-0.4, -0.2) is 18.4 Å². The first-order chi connectivity index (χ1) is 9.02. The van der Waals surface area contributed by atoms with E-state index in [2.05, 4.69) is 10.9 Å². The van der Waals surface area contributed by atoms with Crippen LogP contribution >= 0.6 is 0 Å². The van der Waals surface area contributed by atoms with Crippen LogP contribution in [0.4, 0.5) is 0 Å². The van der Waals surface area contributed by atoms with E-state index < -0.39 is 5.91 Å². The second kappa shape index (κ2) is 7.01. The maximum atomic E-state index is 11.4. The molecule has 0 saturated carbocycles. The Hall–Kier alpha value is -2.55. The maximum Gasteiger partial charge on any atom is 0.276 e. The monoisotopic (exact) mass is 261 g/mol. The molecule has 0 bridgehead atoms. The van der Waals surface area contributed by atoms with Gasteiger partial charge in [0.15, 0.2) is 6.61 Å². The predicted molar refractivity (Wildman–Crippen MR) is 67.8 cm³/mol. The Balaban J connectivity index is 2.34. The summed E-state index contributed by atoms with van der Waals surface area (Å²) in [5, 5.41) is 8.62. The number of nitrogens with zero attached hydrogens (tertiary/aromatic N) is 1. The van der Waals surface area contributed by atoms with E-state index in [1.54, 1.807) is 38.1 Å². The lowest BCUT2D eigenvalue weighted by Gasteiger charge is -2.10. The summed E-state index contributed by atoms with van der Waals surface area (Å²) in [4.78, 5) is 22.6. The van der Waals surface area contributed by atoms with Crippen molar-refractivity contribution in [3.8, 4) is 11.8 Å². The molecule has 0 spiro atoms. The first kappa shape index (κ1) is 14.5. The van der Waals surface area contributed by atoms with Gasteiger partial charge in [0.25, 0.3) is 5.91 Å². The smallest absolute Gasteiger partial charge is 0.276 e. The van der Waals surface area contributed by atoms with E-state index in [1.165, 1.54) is 0 Å². The molecule has 0 aromatic heterocycles. The lowest BCUT2D eigenvalue weighted by atomic mass is 10.2. The maximum absolute atomic E-state index is 11.4. The molecule has 0 unspecified atom stereocenters. The van der Waals surface area contributed by atoms with Crippen LogP contribution in [-0.2, 0) is 9.59 Å². The van der Waals surface area contributed by atoms with Crippen molar-refractivity contribution < 1.29 is 14.3 Å². The van der Waals surface area contributed by atoms with Crippen LogP contribution in [0.15, 0.2) is 24.3 Å². The van der Waals surface area contributed by atoms with Crippen molar-refractivity contribution in [1.82, 2.24) is 10.9 Å². The van der Waals surface area contributed by atoms with Crippen molar-refractivity contribution in [2.75, 3.05) is 6.61 Å². The van der Waals surface area contributed by atoms with Gasteiger partial charge in [-0.05, 0) is 24.3 Å². The Morgan fingerprint density at radius 2 is 1.89 bits per heavy atom. The highest BCUT2D eigenvalue weighted by Gasteiger charge is 2.08. The van der Waals surface area contributed by atoms with E-state index in [4.69, 9.17) is 10.00 Å². The summed E-state index contributed by atoms with van der Waals surface area (Å²) in [5.74, 6) is -0.464. The van der Waals surface area contributed by atoms with Crippen LogP contribution in [0.25, 0.3) is 0 Å². The number of hydrogen-bond acceptors (Lipinski definition) is 4. The van der Waals surface area contributed by atoms with Crippen molar-refractivity contribution in [1.29, 1.82) is 5.26 Å². The minimum Gasteiger partial charge on any atom is -0.484 e. The molecule has 6 nitrogen and oxygen atoms in total. The number of hydrazine groups is 1. The summed E-state index contributed by atoms with van der Waals surface area (Å²) in [6.45, 7) is 3.22. The molecule has 6 heteroatoms. The van der Waals surface area contributed by atoms with Gasteiger partial charge in [-0.2, -0.15) is 5.26 Å². The minimum absolute atomic E-state index is 0.209. The second-order valence-corrected chi connectivity index (χ2v) is 4.12. The molecule has 0 aliphatic rings. The minimum atomic E-state index is -0.460. The number of nitriles is 1. The zero-order valence-corrected chi connectivity index (χ0v) is 10.8. The summed E-state index contributed by atoms with van der Waals surface area (Å²) in [6.07, 6.45) is 0. The molecule has 2 N–H and O–H groups in total. The molecule has 0 fully saturated rings. The molecule has 100 valence electrons. The molecule has 1 aromatic carbocycles. The first-order valence-electron chi connectivity index (χ1n) is 5.74. The summed E-state index contributed by atoms with van der Waals surface area (Å²) >= 11 is 0. The summed E-state index contributed by atoms with van der Waals surface area (Å²) < 4.78 is 5.19. The van der Waals surface area contributed by atoms with Crippen molar-refractivity contribution >= 4 is 11.8 Å². The molecular formula is C13H15N3O3. The largest absolute Gasteiger partial charge is 0.484 e. The van der Waals surface area contributed by atoms with Gasteiger partial charge in [0, 0.05) is 5.92 Å². The zero-order valence-electron chi connectivity index (χ0n) is 10.8. The summed E-state index contributed by atoms with van der Waals surface area (Å²) in [6, 6.07) is 8.35. The third kappa shape index (κ3) is 5.08. The Labute approximate surface area is 111 Å². The highest BCUT2D eigenvalue weighted by Crippen LogP contribution is 2.10. The third-order valence-electron chi connectivity index (χ3n) is 2.20. The van der Waals surface area contributed by atoms with Gasteiger partial charge in [-0.25, -0.2) is 0 Å². The van der Waals surface area contributed by atoms with Crippen LogP contribution in [0.2, 0.25) is 0 Å². The van der Waals surface area contributed by atoms with E-state index in [-0.39, 0.29) is 18.4 Å². The van der Waals surface area contributed by atoms with Gasteiger partial charge >= 0.3 is 0 Å². The normalized spacial score (nSPS) is 9.58. The van der Waals surface area contributed by atoms with Gasteiger partial charge in [0.2, 0.25) is 5.91 Å². The lowest BCUT2D eigenvalue weighted by Crippen LogP contribution is -2.45.